The second-order valence-electron chi connectivity index (χ2n) is 20.2. The van der Waals surface area contributed by atoms with Crippen LogP contribution >= 0.6 is 13.4 Å². The number of aliphatic carboxylic acids is 1. The van der Waals surface area contributed by atoms with Gasteiger partial charge in [0.15, 0.2) is 53.2 Å². The van der Waals surface area contributed by atoms with E-state index in [4.69, 9.17) is 71.5 Å². The maximum Gasteiger partial charge on any atom is 0.412 e. The third-order valence-electron chi connectivity index (χ3n) is 14.0. The molecule has 0 radical (unpaired) electrons. The molecule has 0 saturated carbocycles. The number of carbonyl (C=O) groups excluding carboxylic acids is 5. The van der Waals surface area contributed by atoms with E-state index in [0.717, 1.165) is 34.0 Å². The molecular weight excluding hydrogens is 1220 g/mol. The Labute approximate surface area is 497 Å². The van der Waals surface area contributed by atoms with Crippen molar-refractivity contribution in [3.63, 3.8) is 0 Å². The Hall–Kier alpha value is -7.00. The normalized spacial score (nSPS) is 25.6. The molecule has 6 aromatic rings. The molecule has 0 spiro atoms. The molecule has 3 amide bonds. The van der Waals surface area contributed by atoms with Crippen LogP contribution in [0.2, 0.25) is 0 Å². The number of hydrogen-bond acceptors (Lipinski definition) is 23. The van der Waals surface area contributed by atoms with Crippen molar-refractivity contribution in [2.75, 3.05) is 49.8 Å². The molecule has 7 N–H and O–H groups in total. The summed E-state index contributed by atoms with van der Waals surface area (Å²) in [6.45, 7) is -9.37. The maximum absolute atomic E-state index is 16.7. The molecule has 7 heterocycles. The Balaban J connectivity index is 0.739. The SMILES string of the molecule is CC(CC(=O)CCCC(=O)C[C@H](Cc1ccccc1)C(=O)Nc1ccc(COC(=O)N(C)CCOC(=O)Nc2ncnc3c2ncn3[C@@H]2O[C@@H]3COP(O)(=S)O[C@H]4[C@@H](F)[C@H](n5cnc6c(N)ncnc65)O[C@@H]4COP(O)(=S)O[C@H]3[C@H]2F)cc1)C(=O)O. The van der Waals surface area contributed by atoms with Crippen LogP contribution in [-0.4, -0.2) is 165 Å². The molecule has 4 aromatic heterocycles. The van der Waals surface area contributed by atoms with Crippen molar-refractivity contribution >= 4 is 112 Å². The zero-order chi connectivity index (χ0) is 61.5. The minimum Gasteiger partial charge on any atom is -0.481 e. The molecule has 0 aliphatic carbocycles. The van der Waals surface area contributed by atoms with Gasteiger partial charge in [0.05, 0.1) is 38.3 Å². The number of anilines is 3. The molecule has 3 unspecified atom stereocenters. The summed E-state index contributed by atoms with van der Waals surface area (Å²) in [5, 5.41) is 14.4. The van der Waals surface area contributed by atoms with Crippen molar-refractivity contribution in [3.05, 3.63) is 91.0 Å². The summed E-state index contributed by atoms with van der Waals surface area (Å²) in [6, 6.07) is 15.7. The van der Waals surface area contributed by atoms with Gasteiger partial charge in [-0.15, -0.1) is 0 Å². The van der Waals surface area contributed by atoms with Gasteiger partial charge in [0.25, 0.3) is 0 Å². The molecule has 2 aromatic carbocycles. The van der Waals surface area contributed by atoms with E-state index in [9.17, 15) is 38.6 Å². The lowest BCUT2D eigenvalue weighted by atomic mass is 9.91. The van der Waals surface area contributed by atoms with Crippen LogP contribution in [0.5, 0.6) is 0 Å². The van der Waals surface area contributed by atoms with Crippen LogP contribution in [0, 0.1) is 11.8 Å². The summed E-state index contributed by atoms with van der Waals surface area (Å²) in [5.41, 5.74) is 7.90. The maximum atomic E-state index is 16.7. The molecule has 460 valence electrons. The minimum absolute atomic E-state index is 0.0185. The lowest BCUT2D eigenvalue weighted by Gasteiger charge is -2.29. The molecule has 29 nitrogen and oxygen atoms in total. The second kappa shape index (κ2) is 27.8. The smallest absolute Gasteiger partial charge is 0.412 e. The van der Waals surface area contributed by atoms with Gasteiger partial charge in [0.2, 0.25) is 5.91 Å². The monoisotopic (exact) mass is 1270 g/mol. The summed E-state index contributed by atoms with van der Waals surface area (Å²) in [7, 11) is 1.42. The molecule has 0 bridgehead atoms. The van der Waals surface area contributed by atoms with E-state index in [1.807, 2.05) is 30.3 Å². The quantitative estimate of drug-likeness (QED) is 0.0492. The number of ketones is 2. The number of likely N-dealkylation sites (N-methyl/N-ethyl adjacent to an activating group) is 1. The number of imidazole rings is 2. The van der Waals surface area contributed by atoms with Gasteiger partial charge in [-0.25, -0.2) is 48.3 Å². The highest BCUT2D eigenvalue weighted by atomic mass is 32.5. The molecule has 3 fully saturated rings. The number of nitrogens with two attached hydrogens (primary N) is 1. The lowest BCUT2D eigenvalue weighted by Crippen LogP contribution is -2.37. The van der Waals surface area contributed by atoms with E-state index in [2.05, 4.69) is 40.5 Å². The fourth-order valence-corrected chi connectivity index (χ4v) is 12.3. The van der Waals surface area contributed by atoms with Crippen LogP contribution in [0.4, 0.5) is 35.7 Å². The Morgan fingerprint density at radius 3 is 1.94 bits per heavy atom. The zero-order valence-electron chi connectivity index (χ0n) is 45.7. The Kier molecular flexibility index (Phi) is 20.5. The fourth-order valence-electron chi connectivity index (χ4n) is 9.48. The fraction of sp³-hybridized carbons (Fsp3) is 0.451. The van der Waals surface area contributed by atoms with Crippen LogP contribution in [0.1, 0.15) is 62.6 Å². The summed E-state index contributed by atoms with van der Waals surface area (Å²) in [4.78, 5) is 124. The first kappa shape index (κ1) is 63.5. The number of nitrogens with one attached hydrogen (secondary N) is 2. The number of rotatable bonds is 21. The number of alkyl halides is 2. The van der Waals surface area contributed by atoms with E-state index in [0.29, 0.717) is 11.3 Å². The van der Waals surface area contributed by atoms with Crippen molar-refractivity contribution in [1.29, 1.82) is 0 Å². The number of hydrogen-bond donors (Lipinski definition) is 6. The number of ether oxygens (including phenoxy) is 4. The van der Waals surface area contributed by atoms with Crippen molar-refractivity contribution < 1.29 is 89.5 Å². The van der Waals surface area contributed by atoms with E-state index >= 15 is 8.78 Å². The number of amides is 3. The molecule has 9 rings (SSSR count). The number of carboxylic acid groups (broad SMARTS) is 1. The van der Waals surface area contributed by atoms with Gasteiger partial charge in [-0.3, -0.25) is 42.7 Å². The largest absolute Gasteiger partial charge is 0.481 e. The predicted molar refractivity (Wildman–Crippen MR) is 304 cm³/mol. The molecule has 3 aliphatic rings. The van der Waals surface area contributed by atoms with Gasteiger partial charge in [-0.05, 0) is 59.7 Å². The number of Topliss-reactive ketones (excluding diaryl/α,β-unsaturated/α-hetero) is 2. The Morgan fingerprint density at radius 2 is 1.34 bits per heavy atom. The zero-order valence-corrected chi connectivity index (χ0v) is 49.1. The molecule has 12 atom stereocenters. The van der Waals surface area contributed by atoms with E-state index < -0.39 is 112 Å². The summed E-state index contributed by atoms with van der Waals surface area (Å²) in [6.07, 6.45) is -10.5. The van der Waals surface area contributed by atoms with Crippen molar-refractivity contribution in [2.45, 2.75) is 101 Å². The van der Waals surface area contributed by atoms with Crippen molar-refractivity contribution in [1.82, 2.24) is 43.9 Å². The first-order valence-corrected chi connectivity index (χ1v) is 31.7. The molecule has 86 heavy (non-hydrogen) atoms. The van der Waals surface area contributed by atoms with Gasteiger partial charge in [-0.1, -0.05) is 49.4 Å². The molecular formula is C51H58F2N12O17P2S2. The predicted octanol–water partition coefficient (Wildman–Crippen LogP) is 5.39. The Bertz CT molecular complexity index is 3560. The third kappa shape index (κ3) is 15.8. The highest BCUT2D eigenvalue weighted by Gasteiger charge is 2.54. The summed E-state index contributed by atoms with van der Waals surface area (Å²) < 4.78 is 80.4. The van der Waals surface area contributed by atoms with E-state index in [1.165, 1.54) is 24.9 Å². The first-order valence-electron chi connectivity index (χ1n) is 26.6. The number of halogens is 2. The van der Waals surface area contributed by atoms with Crippen molar-refractivity contribution in [2.24, 2.45) is 11.8 Å². The third-order valence-corrected chi connectivity index (χ3v) is 17.1. The highest BCUT2D eigenvalue weighted by Crippen LogP contribution is 2.55. The van der Waals surface area contributed by atoms with Crippen LogP contribution in [0.15, 0.2) is 79.9 Å². The number of carbonyl (C=O) groups is 6. The molecule has 3 saturated heterocycles. The van der Waals surface area contributed by atoms with Crippen LogP contribution < -0.4 is 16.4 Å². The number of aromatic nitrogens is 8. The van der Waals surface area contributed by atoms with Gasteiger partial charge < -0.3 is 58.8 Å². The lowest BCUT2D eigenvalue weighted by molar-refractivity contribution is -0.143. The highest BCUT2D eigenvalue weighted by molar-refractivity contribution is 8.07. The standard InChI is InChI=1S/C51H58F2N12O17P2S2/c1-27(49(69)70)17-32(66)9-6-10-33(67)19-30(18-28-7-4-3-5-8-28)46(68)61-31-13-11-29(12-14-31)20-76-51(72)63(2)15-16-75-50(71)62-43-39-45(58-24-56-43)65(26-60-39)48-37(53)41-35(80-48)22-78-83(73,85)81-40-34(21-77-84(74,86)82-41)79-47(36(40)52)64-25-59-38-42(54)55-23-57-44(38)64/h3-5,7-8,11-14,23-27,30,34-37,40-41,47-48H,6,9-10,15-22H2,1-2H3,(H,61,68)(H,69,70)(H,73,85)(H,74,86)(H2,54,55,57)(H,56,58,62,71)/t27?,30-,34+,35+,36+,37+,40+,41+,47+,48+,83?,84?/m0/s1. The summed E-state index contributed by atoms with van der Waals surface area (Å²) >= 11 is 10.5. The number of nitrogens with zero attached hydrogens (tertiary/aromatic N) is 9. The van der Waals surface area contributed by atoms with Gasteiger partial charge in [-0.2, -0.15) is 0 Å². The minimum atomic E-state index is -4.42. The van der Waals surface area contributed by atoms with Crippen LogP contribution in [0.25, 0.3) is 22.3 Å². The van der Waals surface area contributed by atoms with Crippen LogP contribution in [0.3, 0.4) is 0 Å². The van der Waals surface area contributed by atoms with Gasteiger partial charge in [0.1, 0.15) is 67.4 Å². The van der Waals surface area contributed by atoms with Gasteiger partial charge >= 0.3 is 31.6 Å². The van der Waals surface area contributed by atoms with Crippen molar-refractivity contribution in [3.8, 4) is 0 Å². The number of benzene rings is 2. The number of fused-ring (bicyclic) bond motifs is 4. The molecule has 35 heteroatoms. The second-order valence-corrected chi connectivity index (χ2v) is 25.8. The summed E-state index contributed by atoms with van der Waals surface area (Å²) in [5.74, 6) is -3.62. The average Bonchev–Trinajstić information content (AvgIpc) is 2.34. The Morgan fingerprint density at radius 1 is 0.767 bits per heavy atom. The topological polar surface area (TPSA) is 377 Å². The van der Waals surface area contributed by atoms with E-state index in [1.54, 1.807) is 24.3 Å². The average molecular weight is 1280 g/mol. The first-order chi connectivity index (χ1) is 41.0. The number of nitrogen functional groups attached to an aromatic ring is 1. The number of carboxylic acids is 1. The van der Waals surface area contributed by atoms with Gasteiger partial charge in [0, 0.05) is 44.3 Å². The van der Waals surface area contributed by atoms with E-state index in [-0.39, 0.29) is 104 Å². The molecule has 3 aliphatic heterocycles. The van der Waals surface area contributed by atoms with Crippen LogP contribution in [-0.2, 0) is 92.9 Å².